The van der Waals surface area contributed by atoms with Crippen molar-refractivity contribution in [3.8, 4) is 11.5 Å². The van der Waals surface area contributed by atoms with Crippen LogP contribution in [0.15, 0.2) is 18.2 Å². The van der Waals surface area contributed by atoms with Gasteiger partial charge in [-0.05, 0) is 43.2 Å². The van der Waals surface area contributed by atoms with Crippen LogP contribution in [0, 0.1) is 5.41 Å². The quantitative estimate of drug-likeness (QED) is 0.598. The number of methoxy groups -OCH3 is 2. The van der Waals surface area contributed by atoms with Gasteiger partial charge in [-0.3, -0.25) is 0 Å². The molecule has 0 aliphatic carbocycles. The second-order valence-electron chi connectivity index (χ2n) is 6.96. The van der Waals surface area contributed by atoms with Crippen molar-refractivity contribution in [3.63, 3.8) is 0 Å². The van der Waals surface area contributed by atoms with Gasteiger partial charge in [-0.2, -0.15) is 0 Å². The van der Waals surface area contributed by atoms with Gasteiger partial charge in [0.2, 0.25) is 0 Å². The van der Waals surface area contributed by atoms with Gasteiger partial charge in [0.1, 0.15) is 6.61 Å². The van der Waals surface area contributed by atoms with Crippen LogP contribution in [0.5, 0.6) is 11.5 Å². The summed E-state index contributed by atoms with van der Waals surface area (Å²) in [6.07, 6.45) is 0.993. The smallest absolute Gasteiger partial charge is 0.328 e. The summed E-state index contributed by atoms with van der Waals surface area (Å²) in [5.41, 5.74) is 1.13. The van der Waals surface area contributed by atoms with Crippen molar-refractivity contribution in [1.82, 2.24) is 0 Å². The number of hydrogen-bond donors (Lipinski definition) is 0. The van der Waals surface area contributed by atoms with Crippen LogP contribution in [-0.4, -0.2) is 39.9 Å². The predicted molar refractivity (Wildman–Crippen MR) is 89.5 cm³/mol. The standard InChI is InChI=1S/C17H27BO4/c1-16(2)12-18(22-17(16,3)4)13-7-8-14(15(11-13)20-6)21-10-9-19-5/h7-8,11H,9-10,12H2,1-6H3. The summed E-state index contributed by atoms with van der Waals surface area (Å²) < 4.78 is 22.4. The van der Waals surface area contributed by atoms with E-state index < -0.39 is 0 Å². The molecule has 0 unspecified atom stereocenters. The third-order valence-corrected chi connectivity index (χ3v) is 4.87. The highest BCUT2D eigenvalue weighted by Gasteiger charge is 2.49. The number of hydrogen-bond acceptors (Lipinski definition) is 4. The monoisotopic (exact) mass is 306 g/mol. The van der Waals surface area contributed by atoms with Crippen LogP contribution >= 0.6 is 0 Å². The molecule has 1 aliphatic rings. The fourth-order valence-electron chi connectivity index (χ4n) is 2.69. The Labute approximate surface area is 134 Å². The van der Waals surface area contributed by atoms with Crippen LogP contribution in [0.1, 0.15) is 27.7 Å². The molecule has 0 atom stereocenters. The first-order valence-electron chi connectivity index (χ1n) is 7.78. The van der Waals surface area contributed by atoms with E-state index in [1.807, 2.05) is 12.1 Å². The molecule has 122 valence electrons. The first-order chi connectivity index (χ1) is 10.3. The van der Waals surface area contributed by atoms with E-state index in [4.69, 9.17) is 18.9 Å². The summed E-state index contributed by atoms with van der Waals surface area (Å²) in [4.78, 5) is 0. The molecule has 0 N–H and O–H groups in total. The van der Waals surface area contributed by atoms with E-state index >= 15 is 0 Å². The predicted octanol–water partition coefficient (Wildman–Crippen LogP) is 2.75. The lowest BCUT2D eigenvalue weighted by Gasteiger charge is -2.34. The molecule has 1 aliphatic heterocycles. The molecule has 1 aromatic carbocycles. The summed E-state index contributed by atoms with van der Waals surface area (Å²) in [5.74, 6) is 1.47. The van der Waals surface area contributed by atoms with Gasteiger partial charge in [-0.25, -0.2) is 0 Å². The largest absolute Gasteiger partial charge is 0.493 e. The van der Waals surface area contributed by atoms with E-state index in [1.165, 1.54) is 0 Å². The van der Waals surface area contributed by atoms with Gasteiger partial charge < -0.3 is 18.9 Å². The second-order valence-corrected chi connectivity index (χ2v) is 6.96. The lowest BCUT2D eigenvalue weighted by atomic mass is 9.54. The fraction of sp³-hybridized carbons (Fsp3) is 0.647. The van der Waals surface area contributed by atoms with Crippen LogP contribution in [-0.2, 0) is 9.39 Å². The Kier molecular flexibility index (Phi) is 5.08. The van der Waals surface area contributed by atoms with Gasteiger partial charge >= 0.3 is 6.92 Å². The van der Waals surface area contributed by atoms with Crippen molar-refractivity contribution in [2.24, 2.45) is 5.41 Å². The second kappa shape index (κ2) is 6.51. The van der Waals surface area contributed by atoms with Crippen molar-refractivity contribution >= 4 is 12.4 Å². The van der Waals surface area contributed by atoms with Gasteiger partial charge in [0, 0.05) is 7.11 Å². The van der Waals surface area contributed by atoms with Gasteiger partial charge in [-0.15, -0.1) is 0 Å². The molecule has 5 heteroatoms. The maximum atomic E-state index is 6.27. The van der Waals surface area contributed by atoms with Gasteiger partial charge in [0.25, 0.3) is 0 Å². The Morgan fingerprint density at radius 3 is 2.36 bits per heavy atom. The van der Waals surface area contributed by atoms with Crippen LogP contribution in [0.2, 0.25) is 6.32 Å². The molecule has 1 fully saturated rings. The molecule has 0 aromatic heterocycles. The van der Waals surface area contributed by atoms with E-state index in [2.05, 4.69) is 33.8 Å². The molecule has 22 heavy (non-hydrogen) atoms. The third kappa shape index (κ3) is 3.41. The highest BCUT2D eigenvalue weighted by atomic mass is 16.5. The van der Waals surface area contributed by atoms with Crippen molar-refractivity contribution < 1.29 is 18.9 Å². The highest BCUT2D eigenvalue weighted by Crippen LogP contribution is 2.45. The van der Waals surface area contributed by atoms with E-state index in [9.17, 15) is 0 Å². The molecule has 1 saturated heterocycles. The van der Waals surface area contributed by atoms with Gasteiger partial charge in [-0.1, -0.05) is 19.9 Å². The topological polar surface area (TPSA) is 36.9 Å². The summed E-state index contributed by atoms with van der Waals surface area (Å²) in [7, 11) is 3.32. The van der Waals surface area contributed by atoms with Crippen LogP contribution < -0.4 is 14.9 Å². The average Bonchev–Trinajstić information content (AvgIpc) is 2.68. The molecule has 1 aromatic rings. The van der Waals surface area contributed by atoms with Gasteiger partial charge in [0.05, 0.1) is 19.3 Å². The summed E-state index contributed by atoms with van der Waals surface area (Å²) >= 11 is 0. The Hall–Kier alpha value is -1.20. The summed E-state index contributed by atoms with van der Waals surface area (Å²) in [6.45, 7) is 9.98. The number of rotatable bonds is 6. The van der Waals surface area contributed by atoms with Crippen molar-refractivity contribution in [2.75, 3.05) is 27.4 Å². The van der Waals surface area contributed by atoms with Crippen LogP contribution in [0.4, 0.5) is 0 Å². The number of ether oxygens (including phenoxy) is 3. The van der Waals surface area contributed by atoms with Crippen molar-refractivity contribution in [1.29, 1.82) is 0 Å². The van der Waals surface area contributed by atoms with E-state index in [0.29, 0.717) is 13.2 Å². The maximum Gasteiger partial charge on any atom is 0.328 e. The minimum Gasteiger partial charge on any atom is -0.493 e. The maximum absolute atomic E-state index is 6.27. The molecule has 0 spiro atoms. The Bertz CT molecular complexity index is 497. The van der Waals surface area contributed by atoms with E-state index in [1.54, 1.807) is 14.2 Å². The molecule has 1 heterocycles. The summed E-state index contributed by atoms with van der Waals surface area (Å²) in [5, 5.41) is 0. The van der Waals surface area contributed by atoms with Crippen LogP contribution in [0.25, 0.3) is 0 Å². The van der Waals surface area contributed by atoms with Gasteiger partial charge in [0.15, 0.2) is 11.5 Å². The average molecular weight is 306 g/mol. The Morgan fingerprint density at radius 2 is 1.82 bits per heavy atom. The molecule has 0 bridgehead atoms. The zero-order valence-electron chi connectivity index (χ0n) is 14.6. The lowest BCUT2D eigenvalue weighted by molar-refractivity contribution is 0.0375. The normalized spacial score (nSPS) is 19.3. The molecule has 0 amide bonds. The van der Waals surface area contributed by atoms with E-state index in [-0.39, 0.29) is 17.9 Å². The highest BCUT2D eigenvalue weighted by molar-refractivity contribution is 6.68. The molecular weight excluding hydrogens is 279 g/mol. The molecule has 2 rings (SSSR count). The zero-order valence-corrected chi connectivity index (χ0v) is 14.6. The van der Waals surface area contributed by atoms with Crippen molar-refractivity contribution in [2.45, 2.75) is 39.6 Å². The first-order valence-corrected chi connectivity index (χ1v) is 7.78. The minimum absolute atomic E-state index is 0.0897. The molecule has 4 nitrogen and oxygen atoms in total. The Balaban J connectivity index is 2.16. The first kappa shape index (κ1) is 17.2. The molecule has 0 saturated carbocycles. The molecule has 0 radical (unpaired) electrons. The summed E-state index contributed by atoms with van der Waals surface area (Å²) in [6, 6.07) is 6.03. The van der Waals surface area contributed by atoms with Crippen molar-refractivity contribution in [3.05, 3.63) is 18.2 Å². The fourth-order valence-corrected chi connectivity index (χ4v) is 2.69. The lowest BCUT2D eigenvalue weighted by Crippen LogP contribution is -2.36. The number of benzene rings is 1. The Morgan fingerprint density at radius 1 is 1.09 bits per heavy atom. The minimum atomic E-state index is -0.140. The third-order valence-electron chi connectivity index (χ3n) is 4.87. The SMILES string of the molecule is COCCOc1ccc(B2CC(C)(C)C(C)(C)O2)cc1OC. The zero-order chi connectivity index (χ0) is 16.4. The van der Waals surface area contributed by atoms with E-state index in [0.717, 1.165) is 23.3 Å². The molecular formula is C17H27BO4. The van der Waals surface area contributed by atoms with Crippen LogP contribution in [0.3, 0.4) is 0 Å².